The number of nitriles is 2. The monoisotopic (exact) mass is 377 g/mol. The minimum absolute atomic E-state index is 0.0745. The largest absolute Gasteiger partial charge is 0.494 e. The number of nitrogens with one attached hydrogen (secondary N) is 1. The summed E-state index contributed by atoms with van der Waals surface area (Å²) in [5.74, 6) is 0.878. The van der Waals surface area contributed by atoms with E-state index in [1.807, 2.05) is 19.1 Å². The van der Waals surface area contributed by atoms with Crippen molar-refractivity contribution in [2.75, 3.05) is 25.6 Å². The van der Waals surface area contributed by atoms with Crippen molar-refractivity contribution in [2.45, 2.75) is 6.92 Å². The molecule has 0 atom stereocenters. The van der Waals surface area contributed by atoms with Gasteiger partial charge >= 0.3 is 0 Å². The van der Waals surface area contributed by atoms with Gasteiger partial charge in [0.2, 0.25) is 0 Å². The van der Waals surface area contributed by atoms with Crippen molar-refractivity contribution < 1.29 is 19.0 Å². The van der Waals surface area contributed by atoms with Gasteiger partial charge < -0.3 is 19.5 Å². The van der Waals surface area contributed by atoms with Gasteiger partial charge in [0.15, 0.2) is 18.1 Å². The van der Waals surface area contributed by atoms with Crippen molar-refractivity contribution in [2.24, 2.45) is 0 Å². The molecule has 142 valence electrons. The number of nitrogens with zero attached hydrogens (tertiary/aromatic N) is 2. The van der Waals surface area contributed by atoms with E-state index in [1.54, 1.807) is 42.5 Å². The van der Waals surface area contributed by atoms with E-state index in [0.29, 0.717) is 35.1 Å². The molecule has 28 heavy (non-hydrogen) atoms. The first-order valence-corrected chi connectivity index (χ1v) is 8.45. The van der Waals surface area contributed by atoms with E-state index in [4.69, 9.17) is 19.5 Å². The van der Waals surface area contributed by atoms with Crippen LogP contribution in [0.1, 0.15) is 12.5 Å². The number of methoxy groups -OCH3 is 1. The molecule has 7 heteroatoms. The van der Waals surface area contributed by atoms with Gasteiger partial charge in [0.1, 0.15) is 23.5 Å². The Morgan fingerprint density at radius 2 is 1.96 bits per heavy atom. The first kappa shape index (κ1) is 20.3. The quantitative estimate of drug-likeness (QED) is 0.557. The minimum Gasteiger partial charge on any atom is -0.494 e. The van der Waals surface area contributed by atoms with Crippen LogP contribution in [0.3, 0.4) is 0 Å². The third-order valence-electron chi connectivity index (χ3n) is 3.56. The number of hydrogen-bond acceptors (Lipinski definition) is 6. The zero-order valence-electron chi connectivity index (χ0n) is 15.6. The number of hydrogen-bond donors (Lipinski definition) is 1. The number of rotatable bonds is 8. The van der Waals surface area contributed by atoms with Crippen LogP contribution in [0, 0.1) is 22.7 Å². The fourth-order valence-electron chi connectivity index (χ4n) is 2.35. The summed E-state index contributed by atoms with van der Waals surface area (Å²) >= 11 is 0. The third-order valence-corrected chi connectivity index (χ3v) is 3.56. The average Bonchev–Trinajstić information content (AvgIpc) is 2.71. The minimum atomic E-state index is -0.542. The second kappa shape index (κ2) is 10.2. The highest BCUT2D eigenvalue weighted by atomic mass is 16.5. The predicted molar refractivity (Wildman–Crippen MR) is 104 cm³/mol. The van der Waals surface area contributed by atoms with Gasteiger partial charge in [-0.3, -0.25) is 4.79 Å². The van der Waals surface area contributed by atoms with Crippen LogP contribution in [0.15, 0.2) is 48.0 Å². The van der Waals surface area contributed by atoms with Gasteiger partial charge in [0.05, 0.1) is 13.7 Å². The van der Waals surface area contributed by atoms with E-state index in [2.05, 4.69) is 5.32 Å². The molecule has 1 N–H and O–H groups in total. The lowest BCUT2D eigenvalue weighted by Crippen LogP contribution is -2.13. The topological polar surface area (TPSA) is 104 Å². The summed E-state index contributed by atoms with van der Waals surface area (Å²) in [5.41, 5.74) is 1.03. The molecular formula is C21H19N3O4. The van der Waals surface area contributed by atoms with Gasteiger partial charge in [-0.05, 0) is 42.8 Å². The molecule has 0 aliphatic heterocycles. The lowest BCUT2D eigenvalue weighted by atomic mass is 10.1. The van der Waals surface area contributed by atoms with Gasteiger partial charge in [-0.15, -0.1) is 0 Å². The Hall–Kier alpha value is -3.97. The highest BCUT2D eigenvalue weighted by Gasteiger charge is 2.11. The molecule has 1 amide bonds. The molecule has 2 rings (SSSR count). The van der Waals surface area contributed by atoms with Crippen molar-refractivity contribution in [3.8, 4) is 29.4 Å². The van der Waals surface area contributed by atoms with Crippen LogP contribution < -0.4 is 19.5 Å². The second-order valence-electron chi connectivity index (χ2n) is 5.44. The van der Waals surface area contributed by atoms with Crippen molar-refractivity contribution in [3.05, 3.63) is 53.6 Å². The summed E-state index contributed by atoms with van der Waals surface area (Å²) in [6, 6.07) is 15.6. The standard InChI is InChI=1S/C21H19N3O4/c1-3-27-18-6-4-5-17(13-18)24-21(25)16(14-23)11-15-7-8-19(28-10-9-22)20(12-15)26-2/h4-8,11-13H,3,10H2,1-2H3,(H,24,25)/b16-11-. The van der Waals surface area contributed by atoms with Crippen LogP contribution in [0.25, 0.3) is 6.08 Å². The Labute approximate surface area is 163 Å². The van der Waals surface area contributed by atoms with Crippen LogP contribution >= 0.6 is 0 Å². The van der Waals surface area contributed by atoms with E-state index in [0.717, 1.165) is 0 Å². The summed E-state index contributed by atoms with van der Waals surface area (Å²) in [4.78, 5) is 12.4. The number of carbonyl (C=O) groups is 1. The number of benzene rings is 2. The van der Waals surface area contributed by atoms with E-state index < -0.39 is 5.91 Å². The molecule has 2 aromatic rings. The number of anilines is 1. The molecule has 0 spiro atoms. The lowest BCUT2D eigenvalue weighted by molar-refractivity contribution is -0.112. The molecule has 0 saturated carbocycles. The molecule has 0 aliphatic carbocycles. The van der Waals surface area contributed by atoms with E-state index >= 15 is 0 Å². The Bertz CT molecular complexity index is 955. The molecular weight excluding hydrogens is 358 g/mol. The molecule has 0 unspecified atom stereocenters. The molecule has 0 heterocycles. The normalized spacial score (nSPS) is 10.4. The van der Waals surface area contributed by atoms with E-state index in [1.165, 1.54) is 13.2 Å². The van der Waals surface area contributed by atoms with E-state index in [9.17, 15) is 10.1 Å². The van der Waals surface area contributed by atoms with Crippen LogP contribution in [-0.4, -0.2) is 26.2 Å². The van der Waals surface area contributed by atoms with Gasteiger partial charge in [-0.25, -0.2) is 0 Å². The van der Waals surface area contributed by atoms with Gasteiger partial charge in [0.25, 0.3) is 5.91 Å². The fraction of sp³-hybridized carbons (Fsp3) is 0.190. The molecule has 7 nitrogen and oxygen atoms in total. The highest BCUT2D eigenvalue weighted by Crippen LogP contribution is 2.29. The molecule has 0 saturated heterocycles. The van der Waals surface area contributed by atoms with Crippen molar-refractivity contribution in [1.82, 2.24) is 0 Å². The SMILES string of the molecule is CCOc1cccc(NC(=O)/C(C#N)=C\c2ccc(OCC#N)c(OC)c2)c1. The Morgan fingerprint density at radius 1 is 1.14 bits per heavy atom. The summed E-state index contributed by atoms with van der Waals surface area (Å²) in [5, 5.41) is 20.7. The first-order valence-electron chi connectivity index (χ1n) is 8.45. The van der Waals surface area contributed by atoms with Crippen LogP contribution in [0.4, 0.5) is 5.69 Å². The van der Waals surface area contributed by atoms with Gasteiger partial charge in [-0.1, -0.05) is 12.1 Å². The number of ether oxygens (including phenoxy) is 3. The van der Waals surface area contributed by atoms with Crippen molar-refractivity contribution >= 4 is 17.7 Å². The van der Waals surface area contributed by atoms with E-state index in [-0.39, 0.29) is 12.2 Å². The number of carbonyl (C=O) groups excluding carboxylic acids is 1. The first-order chi connectivity index (χ1) is 13.6. The zero-order chi connectivity index (χ0) is 20.4. The maximum absolute atomic E-state index is 12.4. The lowest BCUT2D eigenvalue weighted by Gasteiger charge is -2.09. The molecule has 0 bridgehead atoms. The fourth-order valence-corrected chi connectivity index (χ4v) is 2.35. The number of amides is 1. The van der Waals surface area contributed by atoms with Crippen LogP contribution in [0.5, 0.6) is 17.2 Å². The zero-order valence-corrected chi connectivity index (χ0v) is 15.6. The second-order valence-corrected chi connectivity index (χ2v) is 5.44. The Balaban J connectivity index is 2.21. The molecule has 0 aromatic heterocycles. The maximum atomic E-state index is 12.4. The Kier molecular flexibility index (Phi) is 7.44. The molecule has 2 aromatic carbocycles. The van der Waals surface area contributed by atoms with Crippen LogP contribution in [-0.2, 0) is 4.79 Å². The smallest absolute Gasteiger partial charge is 0.266 e. The Morgan fingerprint density at radius 3 is 2.64 bits per heavy atom. The van der Waals surface area contributed by atoms with Crippen molar-refractivity contribution in [3.63, 3.8) is 0 Å². The maximum Gasteiger partial charge on any atom is 0.266 e. The predicted octanol–water partition coefficient (Wildman–Crippen LogP) is 3.54. The average molecular weight is 377 g/mol. The summed E-state index contributed by atoms with van der Waals surface area (Å²) in [6.45, 7) is 2.27. The summed E-state index contributed by atoms with van der Waals surface area (Å²) < 4.78 is 15.9. The highest BCUT2D eigenvalue weighted by molar-refractivity contribution is 6.09. The van der Waals surface area contributed by atoms with Gasteiger partial charge in [0, 0.05) is 11.8 Å². The molecule has 0 aliphatic rings. The van der Waals surface area contributed by atoms with Gasteiger partial charge in [-0.2, -0.15) is 10.5 Å². The summed E-state index contributed by atoms with van der Waals surface area (Å²) in [6.07, 6.45) is 1.44. The molecule has 0 fully saturated rings. The third kappa shape index (κ3) is 5.52. The summed E-state index contributed by atoms with van der Waals surface area (Å²) in [7, 11) is 1.46. The van der Waals surface area contributed by atoms with Crippen molar-refractivity contribution in [1.29, 1.82) is 10.5 Å². The molecule has 0 radical (unpaired) electrons. The van der Waals surface area contributed by atoms with Crippen LogP contribution in [0.2, 0.25) is 0 Å².